The highest BCUT2D eigenvalue weighted by Gasteiger charge is 2.01. The smallest absolute Gasteiger partial charge is 0.136 e. The molecule has 0 saturated carbocycles. The van der Waals surface area contributed by atoms with E-state index in [-0.39, 0.29) is 0 Å². The van der Waals surface area contributed by atoms with Crippen molar-refractivity contribution in [2.75, 3.05) is 14.1 Å². The van der Waals surface area contributed by atoms with Gasteiger partial charge in [0.2, 0.25) is 0 Å². The minimum absolute atomic E-state index is 0.759. The van der Waals surface area contributed by atoms with Gasteiger partial charge in [0.1, 0.15) is 11.5 Å². The van der Waals surface area contributed by atoms with Crippen molar-refractivity contribution in [1.29, 1.82) is 0 Å². The second-order valence-electron chi connectivity index (χ2n) is 4.21. The Morgan fingerprint density at radius 1 is 1.11 bits per heavy atom. The van der Waals surface area contributed by atoms with Crippen LogP contribution in [0.3, 0.4) is 0 Å². The molecule has 18 heavy (non-hydrogen) atoms. The molecule has 0 saturated heterocycles. The molecule has 1 aromatic heterocycles. The summed E-state index contributed by atoms with van der Waals surface area (Å²) in [5, 5.41) is 0. The third kappa shape index (κ3) is 3.31. The number of rotatable bonds is 3. The van der Waals surface area contributed by atoms with Crippen LogP contribution in [0.4, 0.5) is 0 Å². The topological polar surface area (TPSA) is 16.4 Å². The molecule has 0 aliphatic rings. The first-order valence-corrected chi connectivity index (χ1v) is 6.11. The van der Waals surface area contributed by atoms with Crippen molar-refractivity contribution in [2.24, 2.45) is 0 Å². The van der Waals surface area contributed by atoms with Crippen molar-refractivity contribution in [3.8, 4) is 11.3 Å². The highest BCUT2D eigenvalue weighted by atomic mass is 32.1. The Labute approximate surface area is 112 Å². The standard InChI is InChI=1S/C15H15NOS/c1-16(2)9-8-13-10-14(18)11-15(17-13)12-6-4-3-5-7-12/h3-11H,1-2H3. The lowest BCUT2D eigenvalue weighted by molar-refractivity contribution is 0.544. The minimum Gasteiger partial charge on any atom is -0.457 e. The van der Waals surface area contributed by atoms with Gasteiger partial charge >= 0.3 is 0 Å². The summed E-state index contributed by atoms with van der Waals surface area (Å²) in [7, 11) is 3.93. The molecule has 92 valence electrons. The Bertz CT molecular complexity index is 599. The fourth-order valence-electron chi connectivity index (χ4n) is 1.55. The van der Waals surface area contributed by atoms with Crippen molar-refractivity contribution in [3.63, 3.8) is 0 Å². The van der Waals surface area contributed by atoms with Gasteiger partial charge in [-0.25, -0.2) is 0 Å². The van der Waals surface area contributed by atoms with E-state index in [9.17, 15) is 0 Å². The van der Waals surface area contributed by atoms with E-state index in [1.807, 2.05) is 73.7 Å². The Hall–Kier alpha value is -1.87. The zero-order valence-corrected chi connectivity index (χ0v) is 11.3. The highest BCUT2D eigenvalue weighted by Crippen LogP contribution is 2.21. The first-order chi connectivity index (χ1) is 8.65. The van der Waals surface area contributed by atoms with E-state index in [2.05, 4.69) is 0 Å². The van der Waals surface area contributed by atoms with Crippen LogP contribution in [0.2, 0.25) is 0 Å². The van der Waals surface area contributed by atoms with Gasteiger partial charge in [0.25, 0.3) is 0 Å². The molecule has 0 unspecified atom stereocenters. The second-order valence-corrected chi connectivity index (χ2v) is 4.68. The van der Waals surface area contributed by atoms with Crippen LogP contribution >= 0.6 is 12.2 Å². The Morgan fingerprint density at radius 2 is 1.83 bits per heavy atom. The molecule has 0 amide bonds. The number of hydrogen-bond donors (Lipinski definition) is 0. The lowest BCUT2D eigenvalue weighted by Crippen LogP contribution is -1.99. The van der Waals surface area contributed by atoms with Crippen LogP contribution in [0.15, 0.2) is 53.1 Å². The molecule has 3 heteroatoms. The van der Waals surface area contributed by atoms with Crippen LogP contribution in [-0.4, -0.2) is 19.0 Å². The molecular weight excluding hydrogens is 242 g/mol. The summed E-state index contributed by atoms with van der Waals surface area (Å²) in [5.74, 6) is 1.55. The quantitative estimate of drug-likeness (QED) is 0.766. The first kappa shape index (κ1) is 12.6. The maximum Gasteiger partial charge on any atom is 0.136 e. The van der Waals surface area contributed by atoms with Crippen LogP contribution in [0.5, 0.6) is 0 Å². The van der Waals surface area contributed by atoms with Gasteiger partial charge in [-0.3, -0.25) is 0 Å². The van der Waals surface area contributed by atoms with E-state index < -0.39 is 0 Å². The molecule has 0 bridgehead atoms. The first-order valence-electron chi connectivity index (χ1n) is 5.70. The highest BCUT2D eigenvalue weighted by molar-refractivity contribution is 7.71. The van der Waals surface area contributed by atoms with Gasteiger partial charge in [-0.05, 0) is 18.2 Å². The summed E-state index contributed by atoms with van der Waals surface area (Å²) < 4.78 is 6.59. The third-order valence-corrected chi connectivity index (χ3v) is 2.62. The zero-order chi connectivity index (χ0) is 13.0. The SMILES string of the molecule is CN(C)C=Cc1cc(=S)cc(-c2ccccc2)o1. The van der Waals surface area contributed by atoms with Crippen molar-refractivity contribution in [3.05, 3.63) is 58.9 Å². The fourth-order valence-corrected chi connectivity index (χ4v) is 1.77. The summed E-state index contributed by atoms with van der Waals surface area (Å²) >= 11 is 5.26. The van der Waals surface area contributed by atoms with Crippen LogP contribution < -0.4 is 0 Å². The molecular formula is C15H15NOS. The van der Waals surface area contributed by atoms with E-state index in [4.69, 9.17) is 16.6 Å². The van der Waals surface area contributed by atoms with Crippen molar-refractivity contribution < 1.29 is 4.42 Å². The molecule has 1 aromatic carbocycles. The molecule has 0 aliphatic carbocycles. The third-order valence-electron chi connectivity index (χ3n) is 2.38. The molecule has 0 spiro atoms. The van der Waals surface area contributed by atoms with Gasteiger partial charge in [0.05, 0.1) is 0 Å². The monoisotopic (exact) mass is 257 g/mol. The van der Waals surface area contributed by atoms with Crippen LogP contribution in [-0.2, 0) is 0 Å². The van der Waals surface area contributed by atoms with Crippen LogP contribution in [0.25, 0.3) is 17.4 Å². The van der Waals surface area contributed by atoms with Crippen LogP contribution in [0.1, 0.15) is 5.76 Å². The summed E-state index contributed by atoms with van der Waals surface area (Å²) in [6.45, 7) is 0. The van der Waals surface area contributed by atoms with E-state index in [0.29, 0.717) is 0 Å². The van der Waals surface area contributed by atoms with Gasteiger partial charge in [-0.2, -0.15) is 0 Å². The molecule has 0 radical (unpaired) electrons. The molecule has 2 nitrogen and oxygen atoms in total. The van der Waals surface area contributed by atoms with E-state index in [0.717, 1.165) is 21.6 Å². The minimum atomic E-state index is 0.759. The summed E-state index contributed by atoms with van der Waals surface area (Å²) in [4.78, 5) is 1.95. The average molecular weight is 257 g/mol. The molecule has 2 rings (SSSR count). The second kappa shape index (κ2) is 5.65. The number of benzene rings is 1. The van der Waals surface area contributed by atoms with Gasteiger partial charge in [0, 0.05) is 30.4 Å². The maximum absolute atomic E-state index is 5.81. The van der Waals surface area contributed by atoms with Gasteiger partial charge in [0.15, 0.2) is 0 Å². The summed E-state index contributed by atoms with van der Waals surface area (Å²) in [5.41, 5.74) is 1.03. The van der Waals surface area contributed by atoms with E-state index in [1.165, 1.54) is 0 Å². The lowest BCUT2D eigenvalue weighted by atomic mass is 10.1. The largest absolute Gasteiger partial charge is 0.457 e. The zero-order valence-electron chi connectivity index (χ0n) is 10.5. The number of nitrogens with zero attached hydrogens (tertiary/aromatic N) is 1. The maximum atomic E-state index is 5.81. The lowest BCUT2D eigenvalue weighted by Gasteiger charge is -2.05. The summed E-state index contributed by atoms with van der Waals surface area (Å²) in [6, 6.07) is 13.7. The van der Waals surface area contributed by atoms with Gasteiger partial charge in [-0.1, -0.05) is 42.5 Å². The summed E-state index contributed by atoms with van der Waals surface area (Å²) in [6.07, 6.45) is 3.84. The van der Waals surface area contributed by atoms with Gasteiger partial charge in [-0.15, -0.1) is 0 Å². The van der Waals surface area contributed by atoms with Crippen molar-refractivity contribution in [2.45, 2.75) is 0 Å². The Balaban J connectivity index is 2.42. The predicted octanol–water partition coefficient (Wildman–Crippen LogP) is 4.21. The predicted molar refractivity (Wildman–Crippen MR) is 77.7 cm³/mol. The average Bonchev–Trinajstić information content (AvgIpc) is 2.37. The normalized spacial score (nSPS) is 10.8. The molecule has 0 fully saturated rings. The van der Waals surface area contributed by atoms with Crippen molar-refractivity contribution in [1.82, 2.24) is 4.90 Å². The molecule has 1 heterocycles. The van der Waals surface area contributed by atoms with Gasteiger partial charge < -0.3 is 9.32 Å². The number of hydrogen-bond acceptors (Lipinski definition) is 3. The molecule has 0 atom stereocenters. The van der Waals surface area contributed by atoms with Crippen molar-refractivity contribution >= 4 is 18.3 Å². The van der Waals surface area contributed by atoms with E-state index >= 15 is 0 Å². The van der Waals surface area contributed by atoms with E-state index in [1.54, 1.807) is 0 Å². The Kier molecular flexibility index (Phi) is 3.95. The fraction of sp³-hybridized carbons (Fsp3) is 0.133. The molecule has 0 aliphatic heterocycles. The van der Waals surface area contributed by atoms with Crippen LogP contribution in [0, 0.1) is 4.51 Å². The molecule has 0 N–H and O–H groups in total. The molecule has 2 aromatic rings. The Morgan fingerprint density at radius 3 is 2.50 bits per heavy atom.